The second-order valence-corrected chi connectivity index (χ2v) is 8.82. The molecule has 0 radical (unpaired) electrons. The van der Waals surface area contributed by atoms with Gasteiger partial charge >= 0.3 is 0 Å². The van der Waals surface area contributed by atoms with E-state index in [1.165, 1.54) is 0 Å². The standard InChI is InChI=1S/C16H28N6O2S/c1-3-12-25(23,24)22-10-8-21(9-11-22)16-13-15(17-14-18-16)20-6-4-19(2)5-7-20/h13-14H,3-12H2,1-2H3. The largest absolute Gasteiger partial charge is 0.354 e. The molecule has 3 heterocycles. The maximum absolute atomic E-state index is 12.2. The molecule has 0 unspecified atom stereocenters. The predicted molar refractivity (Wildman–Crippen MR) is 99.6 cm³/mol. The summed E-state index contributed by atoms with van der Waals surface area (Å²) in [5, 5.41) is 0. The van der Waals surface area contributed by atoms with Crippen LogP contribution in [0, 0.1) is 0 Å². The van der Waals surface area contributed by atoms with Crippen molar-refractivity contribution in [1.82, 2.24) is 19.2 Å². The lowest BCUT2D eigenvalue weighted by atomic mass is 10.3. The van der Waals surface area contributed by atoms with Crippen LogP contribution in [0.15, 0.2) is 12.4 Å². The van der Waals surface area contributed by atoms with Gasteiger partial charge in [-0.25, -0.2) is 18.4 Å². The molecule has 2 aliphatic rings. The van der Waals surface area contributed by atoms with Gasteiger partial charge in [-0.1, -0.05) is 6.92 Å². The van der Waals surface area contributed by atoms with Crippen LogP contribution in [0.5, 0.6) is 0 Å². The van der Waals surface area contributed by atoms with Crippen molar-refractivity contribution in [2.24, 2.45) is 0 Å². The molecule has 9 heteroatoms. The minimum absolute atomic E-state index is 0.230. The zero-order valence-electron chi connectivity index (χ0n) is 15.1. The van der Waals surface area contributed by atoms with Gasteiger partial charge in [0.25, 0.3) is 0 Å². The predicted octanol–water partition coefficient (Wildman–Crippen LogP) is 0.0902. The molecule has 25 heavy (non-hydrogen) atoms. The first-order valence-electron chi connectivity index (χ1n) is 8.98. The first kappa shape index (κ1) is 18.3. The molecule has 1 aromatic rings. The van der Waals surface area contributed by atoms with Crippen LogP contribution in [0.25, 0.3) is 0 Å². The highest BCUT2D eigenvalue weighted by Crippen LogP contribution is 2.20. The fraction of sp³-hybridized carbons (Fsp3) is 0.750. The first-order chi connectivity index (χ1) is 12.0. The molecule has 8 nitrogen and oxygen atoms in total. The van der Waals surface area contributed by atoms with Crippen molar-refractivity contribution in [3.05, 3.63) is 12.4 Å². The van der Waals surface area contributed by atoms with Gasteiger partial charge in [-0.2, -0.15) is 4.31 Å². The van der Waals surface area contributed by atoms with E-state index in [4.69, 9.17) is 0 Å². The van der Waals surface area contributed by atoms with Crippen LogP contribution in [0.2, 0.25) is 0 Å². The monoisotopic (exact) mass is 368 g/mol. The number of anilines is 2. The Balaban J connectivity index is 1.63. The zero-order chi connectivity index (χ0) is 17.9. The molecule has 0 aliphatic carbocycles. The molecule has 2 saturated heterocycles. The Hall–Kier alpha value is -1.45. The molecule has 2 aliphatic heterocycles. The van der Waals surface area contributed by atoms with Crippen molar-refractivity contribution in [2.75, 3.05) is 75.0 Å². The topological polar surface area (TPSA) is 72.9 Å². The van der Waals surface area contributed by atoms with Crippen LogP contribution in [-0.4, -0.2) is 92.7 Å². The van der Waals surface area contributed by atoms with E-state index < -0.39 is 10.0 Å². The van der Waals surface area contributed by atoms with Gasteiger partial charge in [-0.3, -0.25) is 0 Å². The van der Waals surface area contributed by atoms with E-state index in [9.17, 15) is 8.42 Å². The molecule has 0 spiro atoms. The van der Waals surface area contributed by atoms with Crippen LogP contribution in [-0.2, 0) is 10.0 Å². The lowest BCUT2D eigenvalue weighted by Crippen LogP contribution is -2.49. The number of likely N-dealkylation sites (N-methyl/N-ethyl adjacent to an activating group) is 1. The van der Waals surface area contributed by atoms with Crippen LogP contribution in [0.1, 0.15) is 13.3 Å². The number of hydrogen-bond acceptors (Lipinski definition) is 7. The van der Waals surface area contributed by atoms with E-state index in [2.05, 4.69) is 31.7 Å². The quantitative estimate of drug-likeness (QED) is 0.729. The smallest absolute Gasteiger partial charge is 0.214 e. The van der Waals surface area contributed by atoms with Crippen LogP contribution < -0.4 is 9.80 Å². The summed E-state index contributed by atoms with van der Waals surface area (Å²) in [4.78, 5) is 15.6. The van der Waals surface area contributed by atoms with Gasteiger partial charge in [0.2, 0.25) is 10.0 Å². The Morgan fingerprint density at radius 3 is 1.96 bits per heavy atom. The molecule has 2 fully saturated rings. The Bertz CT molecular complexity index is 667. The minimum Gasteiger partial charge on any atom is -0.354 e. The first-order valence-corrected chi connectivity index (χ1v) is 10.6. The highest BCUT2D eigenvalue weighted by atomic mass is 32.2. The fourth-order valence-corrected chi connectivity index (χ4v) is 4.79. The van der Waals surface area contributed by atoms with Gasteiger partial charge in [-0.15, -0.1) is 0 Å². The van der Waals surface area contributed by atoms with Crippen LogP contribution in [0.4, 0.5) is 11.6 Å². The Labute approximate surface area is 150 Å². The molecule has 0 aromatic carbocycles. The zero-order valence-corrected chi connectivity index (χ0v) is 16.0. The number of rotatable bonds is 5. The summed E-state index contributed by atoms with van der Waals surface area (Å²) in [7, 11) is -0.975. The van der Waals surface area contributed by atoms with E-state index in [1.807, 2.05) is 13.0 Å². The van der Waals surface area contributed by atoms with Crippen molar-refractivity contribution in [2.45, 2.75) is 13.3 Å². The Morgan fingerprint density at radius 1 is 0.920 bits per heavy atom. The fourth-order valence-electron chi connectivity index (χ4n) is 3.30. The second kappa shape index (κ2) is 7.84. The lowest BCUT2D eigenvalue weighted by molar-refractivity contribution is 0.312. The SMILES string of the molecule is CCCS(=O)(=O)N1CCN(c2cc(N3CCN(C)CC3)ncn2)CC1. The van der Waals surface area contributed by atoms with Gasteiger partial charge in [0.1, 0.15) is 18.0 Å². The summed E-state index contributed by atoms with van der Waals surface area (Å²) in [5.41, 5.74) is 0. The van der Waals surface area contributed by atoms with E-state index in [1.54, 1.807) is 10.6 Å². The van der Waals surface area contributed by atoms with E-state index in [0.717, 1.165) is 37.8 Å². The minimum atomic E-state index is -3.11. The highest BCUT2D eigenvalue weighted by Gasteiger charge is 2.27. The van der Waals surface area contributed by atoms with Crippen molar-refractivity contribution in [3.63, 3.8) is 0 Å². The van der Waals surface area contributed by atoms with Crippen LogP contribution >= 0.6 is 0 Å². The number of hydrogen-bond donors (Lipinski definition) is 0. The number of sulfonamides is 1. The third kappa shape index (κ3) is 4.39. The number of aromatic nitrogens is 2. The van der Waals surface area contributed by atoms with Gasteiger partial charge in [0, 0.05) is 58.4 Å². The van der Waals surface area contributed by atoms with Gasteiger partial charge in [0.15, 0.2) is 0 Å². The summed E-state index contributed by atoms with van der Waals surface area (Å²) >= 11 is 0. The van der Waals surface area contributed by atoms with Crippen molar-refractivity contribution >= 4 is 21.7 Å². The normalized spacial score (nSPS) is 20.9. The molecule has 0 atom stereocenters. The number of piperazine rings is 2. The van der Waals surface area contributed by atoms with E-state index in [-0.39, 0.29) is 5.75 Å². The molecule has 140 valence electrons. The van der Waals surface area contributed by atoms with Crippen molar-refractivity contribution in [1.29, 1.82) is 0 Å². The number of nitrogens with zero attached hydrogens (tertiary/aromatic N) is 6. The third-order valence-corrected chi connectivity index (χ3v) is 6.96. The Morgan fingerprint density at radius 2 is 1.44 bits per heavy atom. The molecular weight excluding hydrogens is 340 g/mol. The average molecular weight is 369 g/mol. The lowest BCUT2D eigenvalue weighted by Gasteiger charge is -2.36. The van der Waals surface area contributed by atoms with E-state index >= 15 is 0 Å². The molecule has 0 N–H and O–H groups in total. The summed E-state index contributed by atoms with van der Waals surface area (Å²) in [6.45, 7) is 8.29. The summed E-state index contributed by atoms with van der Waals surface area (Å²) in [6.07, 6.45) is 2.27. The molecular formula is C16H28N6O2S. The molecule has 0 bridgehead atoms. The maximum Gasteiger partial charge on any atom is 0.214 e. The van der Waals surface area contributed by atoms with Gasteiger partial charge in [-0.05, 0) is 13.5 Å². The third-order valence-electron chi connectivity index (χ3n) is 4.88. The maximum atomic E-state index is 12.2. The second-order valence-electron chi connectivity index (χ2n) is 6.73. The summed E-state index contributed by atoms with van der Waals surface area (Å²) in [6, 6.07) is 2.03. The molecule has 0 saturated carbocycles. The van der Waals surface area contributed by atoms with Crippen molar-refractivity contribution in [3.8, 4) is 0 Å². The van der Waals surface area contributed by atoms with E-state index in [0.29, 0.717) is 32.6 Å². The summed E-state index contributed by atoms with van der Waals surface area (Å²) < 4.78 is 26.0. The van der Waals surface area contributed by atoms with Gasteiger partial charge < -0.3 is 14.7 Å². The molecule has 0 amide bonds. The van der Waals surface area contributed by atoms with Gasteiger partial charge in [0.05, 0.1) is 5.75 Å². The van der Waals surface area contributed by atoms with Crippen LogP contribution in [0.3, 0.4) is 0 Å². The summed E-state index contributed by atoms with van der Waals surface area (Å²) in [5.74, 6) is 2.07. The Kier molecular flexibility index (Phi) is 5.75. The highest BCUT2D eigenvalue weighted by molar-refractivity contribution is 7.89. The molecule has 1 aromatic heterocycles. The molecule has 3 rings (SSSR count). The average Bonchev–Trinajstić information content (AvgIpc) is 2.62. The van der Waals surface area contributed by atoms with Crippen molar-refractivity contribution < 1.29 is 8.42 Å².